The van der Waals surface area contributed by atoms with Crippen LogP contribution in [0.3, 0.4) is 0 Å². The van der Waals surface area contributed by atoms with Crippen LogP contribution in [0.4, 0.5) is 5.69 Å². The summed E-state index contributed by atoms with van der Waals surface area (Å²) in [4.78, 5) is 2.30. The fourth-order valence-corrected chi connectivity index (χ4v) is 5.57. The maximum absolute atomic E-state index is 4.60. The van der Waals surface area contributed by atoms with Gasteiger partial charge in [-0.15, -0.1) is 0 Å². The van der Waals surface area contributed by atoms with E-state index < -0.39 is 0 Å². The van der Waals surface area contributed by atoms with E-state index in [2.05, 4.69) is 181 Å². The smallest absolute Gasteiger partial charge is 0.0364 e. The van der Waals surface area contributed by atoms with Crippen LogP contribution >= 0.6 is 0 Å². The van der Waals surface area contributed by atoms with Crippen molar-refractivity contribution < 1.29 is 0 Å². The fourth-order valence-electron chi connectivity index (χ4n) is 5.57. The van der Waals surface area contributed by atoms with Gasteiger partial charge in [0.25, 0.3) is 0 Å². The molecule has 0 saturated carbocycles. The van der Waals surface area contributed by atoms with Crippen LogP contribution in [0.5, 0.6) is 0 Å². The molecule has 43 heavy (non-hydrogen) atoms. The van der Waals surface area contributed by atoms with Gasteiger partial charge in [-0.25, -0.2) is 0 Å². The summed E-state index contributed by atoms with van der Waals surface area (Å²) in [6.45, 7) is 18.9. The van der Waals surface area contributed by atoms with Gasteiger partial charge in [-0.3, -0.25) is 0 Å². The van der Waals surface area contributed by atoms with Crippen LogP contribution in [-0.4, -0.2) is 13.6 Å². The van der Waals surface area contributed by atoms with Crippen molar-refractivity contribution in [2.45, 2.75) is 53.4 Å². The third-order valence-corrected chi connectivity index (χ3v) is 8.07. The quantitative estimate of drug-likeness (QED) is 0.192. The molecule has 0 atom stereocenters. The normalized spacial score (nSPS) is 11.9. The van der Waals surface area contributed by atoms with Crippen molar-refractivity contribution in [3.63, 3.8) is 0 Å². The first-order chi connectivity index (χ1) is 20.6. The van der Waals surface area contributed by atoms with Gasteiger partial charge in [0.05, 0.1) is 0 Å². The lowest BCUT2D eigenvalue weighted by Crippen LogP contribution is -2.17. The fraction of sp³-hybridized carbons (Fsp3) is 0.238. The molecule has 220 valence electrons. The van der Waals surface area contributed by atoms with Gasteiger partial charge in [-0.05, 0) is 93.1 Å². The Bertz CT molecular complexity index is 1670. The molecule has 0 spiro atoms. The molecule has 0 saturated heterocycles. The average molecular weight is 566 g/mol. The van der Waals surface area contributed by atoms with Crippen LogP contribution in [0.25, 0.3) is 33.0 Å². The summed E-state index contributed by atoms with van der Waals surface area (Å²) in [7, 11) is 2.15. The lowest BCUT2D eigenvalue weighted by molar-refractivity contribution is 0.590. The summed E-state index contributed by atoms with van der Waals surface area (Å²) in [6.07, 6.45) is 7.66. The SMILES string of the molecule is C=C(/C=C\C(=C/C)c1ccc(N(C)CCC)cc1)c1c(C)cccccc(-c2ccc(C(C)(C)C)cc2)c2ccccc12. The number of anilines is 1. The summed E-state index contributed by atoms with van der Waals surface area (Å²) in [5, 5.41) is 2.39. The molecule has 4 aromatic rings. The van der Waals surface area contributed by atoms with Crippen molar-refractivity contribution in [3.8, 4) is 11.1 Å². The maximum Gasteiger partial charge on any atom is 0.0364 e. The van der Waals surface area contributed by atoms with Crippen LogP contribution in [0.1, 0.15) is 63.3 Å². The Morgan fingerprint density at radius 3 is 2.02 bits per heavy atom. The third-order valence-electron chi connectivity index (χ3n) is 8.07. The maximum atomic E-state index is 4.60. The molecule has 4 aromatic carbocycles. The topological polar surface area (TPSA) is 3.24 Å². The zero-order valence-electron chi connectivity index (χ0n) is 27.1. The number of benzene rings is 3. The molecule has 0 heterocycles. The van der Waals surface area contributed by atoms with E-state index in [0.29, 0.717) is 0 Å². The molecule has 0 bridgehead atoms. The van der Waals surface area contributed by atoms with E-state index in [1.165, 1.54) is 49.9 Å². The summed E-state index contributed by atoms with van der Waals surface area (Å²) in [5.41, 5.74) is 10.8. The van der Waals surface area contributed by atoms with Gasteiger partial charge < -0.3 is 4.90 Å². The van der Waals surface area contributed by atoms with Gasteiger partial charge in [0.1, 0.15) is 0 Å². The van der Waals surface area contributed by atoms with E-state index in [1.54, 1.807) is 0 Å². The number of hydrogen-bond donors (Lipinski definition) is 0. The number of aryl methyl sites for hydroxylation is 1. The second-order valence-electron chi connectivity index (χ2n) is 12.3. The summed E-state index contributed by atoms with van der Waals surface area (Å²) < 4.78 is 0. The molecule has 0 aliphatic heterocycles. The molecule has 0 amide bonds. The number of fused-ring (bicyclic) bond motifs is 1. The van der Waals surface area contributed by atoms with Gasteiger partial charge in [0.2, 0.25) is 0 Å². The number of nitrogens with zero attached hydrogens (tertiary/aromatic N) is 1. The Morgan fingerprint density at radius 1 is 0.767 bits per heavy atom. The van der Waals surface area contributed by atoms with Crippen molar-refractivity contribution >= 4 is 27.6 Å². The zero-order valence-corrected chi connectivity index (χ0v) is 27.1. The van der Waals surface area contributed by atoms with E-state index >= 15 is 0 Å². The molecular weight excluding hydrogens is 518 g/mol. The highest BCUT2D eigenvalue weighted by Crippen LogP contribution is 2.34. The molecule has 0 radical (unpaired) electrons. The largest absolute Gasteiger partial charge is 0.375 e. The van der Waals surface area contributed by atoms with Crippen molar-refractivity contribution in [1.29, 1.82) is 0 Å². The molecule has 1 nitrogen and oxygen atoms in total. The Labute approximate surface area is 260 Å². The average Bonchev–Trinajstić information content (AvgIpc) is 3.00. The number of allylic oxidation sites excluding steroid dienone is 5. The first kappa shape index (κ1) is 31.6. The Morgan fingerprint density at radius 2 is 1.40 bits per heavy atom. The monoisotopic (exact) mass is 565 g/mol. The lowest BCUT2D eigenvalue weighted by atomic mass is 9.86. The van der Waals surface area contributed by atoms with Gasteiger partial charge >= 0.3 is 0 Å². The predicted octanol–water partition coefficient (Wildman–Crippen LogP) is 11.8. The molecule has 1 heteroatoms. The van der Waals surface area contributed by atoms with Crippen LogP contribution in [0.2, 0.25) is 0 Å². The minimum atomic E-state index is 0.113. The van der Waals surface area contributed by atoms with Crippen LogP contribution in [0.15, 0.2) is 128 Å². The van der Waals surface area contributed by atoms with Gasteiger partial charge in [-0.1, -0.05) is 143 Å². The molecule has 0 aromatic heterocycles. The molecule has 0 N–H and O–H groups in total. The van der Waals surface area contributed by atoms with Crippen molar-refractivity contribution in [2.24, 2.45) is 0 Å². The minimum absolute atomic E-state index is 0.113. The number of hydrogen-bond acceptors (Lipinski definition) is 1. The van der Waals surface area contributed by atoms with Crippen LogP contribution in [-0.2, 0) is 5.41 Å². The minimum Gasteiger partial charge on any atom is -0.375 e. The predicted molar refractivity (Wildman–Crippen MR) is 192 cm³/mol. The molecule has 4 rings (SSSR count). The zero-order chi connectivity index (χ0) is 31.0. The second kappa shape index (κ2) is 14.2. The second-order valence-corrected chi connectivity index (χ2v) is 12.3. The summed E-state index contributed by atoms with van der Waals surface area (Å²) in [6, 6.07) is 37.4. The van der Waals surface area contributed by atoms with Crippen molar-refractivity contribution in [1.82, 2.24) is 0 Å². The highest BCUT2D eigenvalue weighted by atomic mass is 15.1. The highest BCUT2D eigenvalue weighted by molar-refractivity contribution is 6.02. The van der Waals surface area contributed by atoms with Crippen LogP contribution < -0.4 is 4.90 Å². The third kappa shape index (κ3) is 7.73. The van der Waals surface area contributed by atoms with Gasteiger partial charge in [-0.2, -0.15) is 0 Å². The van der Waals surface area contributed by atoms with Gasteiger partial charge in [0.15, 0.2) is 0 Å². The van der Waals surface area contributed by atoms with Crippen molar-refractivity contribution in [2.75, 3.05) is 18.5 Å². The first-order valence-electron chi connectivity index (χ1n) is 15.5. The van der Waals surface area contributed by atoms with E-state index in [4.69, 9.17) is 0 Å². The van der Waals surface area contributed by atoms with E-state index in [-0.39, 0.29) is 5.41 Å². The Balaban J connectivity index is 1.81. The lowest BCUT2D eigenvalue weighted by Gasteiger charge is -2.19. The molecule has 0 aliphatic rings. The van der Waals surface area contributed by atoms with E-state index in [9.17, 15) is 0 Å². The Hall–Kier alpha value is -4.36. The van der Waals surface area contributed by atoms with Gasteiger partial charge in [0, 0.05) is 19.3 Å². The first-order valence-corrected chi connectivity index (χ1v) is 15.5. The van der Waals surface area contributed by atoms with E-state index in [0.717, 1.165) is 24.1 Å². The van der Waals surface area contributed by atoms with Crippen LogP contribution in [0, 0.1) is 6.92 Å². The van der Waals surface area contributed by atoms with E-state index in [1.807, 2.05) is 0 Å². The molecular formula is C42H47N. The number of rotatable bonds is 8. The van der Waals surface area contributed by atoms with Crippen molar-refractivity contribution in [3.05, 3.63) is 150 Å². The Kier molecular flexibility index (Phi) is 10.4. The standard InChI is InChI=1S/C42H47N/c1-9-30-43(8)37-28-24-34(25-29-37)33(10-2)21-20-32(4)41-31(3)16-12-11-13-17-38(39-18-14-15-19-40(39)41)35-22-26-36(27-23-35)42(5,6)7/h10-29H,4,9,30H2,1-3,5-8H3/b12-11?,13-11?,16-12?,17-13?,21-20-,31-16?,33-10+,38-17?,39-38?,41-31?,41-40?. The summed E-state index contributed by atoms with van der Waals surface area (Å²) >= 11 is 0. The highest BCUT2D eigenvalue weighted by Gasteiger charge is 2.14. The molecule has 0 aliphatic carbocycles. The molecule has 0 unspecified atom stereocenters. The molecule has 0 fully saturated rings. The summed E-state index contributed by atoms with van der Waals surface area (Å²) in [5.74, 6) is 0.